The molecule has 1 fully saturated rings. The highest BCUT2D eigenvalue weighted by molar-refractivity contribution is 6.00. The standard InChI is InChI=1S/C18H27N3O4/c1-20(2)9-10-21(13-14-6-5-11-25-14)18(24)15-7-3-4-8-16(15)19-12-17(22)23/h3-4,7-8,14,19H,5-6,9-13H2,1-2H3,(H,22,23)/t14-/m1/s1. The number of rotatable bonds is 9. The second-order valence-corrected chi connectivity index (χ2v) is 6.48. The van der Waals surface area contributed by atoms with Crippen molar-refractivity contribution in [2.45, 2.75) is 18.9 Å². The van der Waals surface area contributed by atoms with Gasteiger partial charge in [-0.05, 0) is 39.1 Å². The number of likely N-dealkylation sites (N-methyl/N-ethyl adjacent to an activating group) is 1. The lowest BCUT2D eigenvalue weighted by Crippen LogP contribution is -2.41. The molecule has 25 heavy (non-hydrogen) atoms. The van der Waals surface area contributed by atoms with Crippen LogP contribution in [0.15, 0.2) is 24.3 Å². The summed E-state index contributed by atoms with van der Waals surface area (Å²) in [5, 5.41) is 11.7. The van der Waals surface area contributed by atoms with Crippen LogP contribution in [0, 0.1) is 0 Å². The first kappa shape index (κ1) is 19.2. The van der Waals surface area contributed by atoms with Gasteiger partial charge in [0.1, 0.15) is 6.54 Å². The Kier molecular flexibility index (Phi) is 7.21. The number of nitrogens with zero attached hydrogens (tertiary/aromatic N) is 2. The Morgan fingerprint density at radius 2 is 2.04 bits per heavy atom. The van der Waals surface area contributed by atoms with Gasteiger partial charge in [0.2, 0.25) is 0 Å². The lowest BCUT2D eigenvalue weighted by molar-refractivity contribution is -0.134. The Balaban J connectivity index is 2.14. The van der Waals surface area contributed by atoms with Gasteiger partial charge >= 0.3 is 5.97 Å². The van der Waals surface area contributed by atoms with Crippen LogP contribution in [0.2, 0.25) is 0 Å². The van der Waals surface area contributed by atoms with Crippen LogP contribution in [0.1, 0.15) is 23.2 Å². The van der Waals surface area contributed by atoms with Crippen LogP contribution in [-0.4, -0.2) is 79.8 Å². The zero-order chi connectivity index (χ0) is 18.2. The van der Waals surface area contributed by atoms with E-state index < -0.39 is 5.97 Å². The summed E-state index contributed by atoms with van der Waals surface area (Å²) in [6.45, 7) is 2.42. The minimum absolute atomic E-state index is 0.0743. The molecule has 0 aromatic heterocycles. The number of para-hydroxylation sites is 1. The maximum Gasteiger partial charge on any atom is 0.322 e. The van der Waals surface area contributed by atoms with Crippen molar-refractivity contribution in [3.8, 4) is 0 Å². The predicted molar refractivity (Wildman–Crippen MR) is 96.0 cm³/mol. The normalized spacial score (nSPS) is 16.8. The Morgan fingerprint density at radius 1 is 1.28 bits per heavy atom. The Hall–Kier alpha value is -2.12. The monoisotopic (exact) mass is 349 g/mol. The van der Waals surface area contributed by atoms with Crippen molar-refractivity contribution >= 4 is 17.6 Å². The van der Waals surface area contributed by atoms with Crippen LogP contribution >= 0.6 is 0 Å². The molecule has 7 nitrogen and oxygen atoms in total. The van der Waals surface area contributed by atoms with Crippen LogP contribution in [0.4, 0.5) is 5.69 Å². The SMILES string of the molecule is CN(C)CCN(C[C@H]1CCCO1)C(=O)c1ccccc1NCC(=O)O. The number of carbonyl (C=O) groups is 2. The molecular weight excluding hydrogens is 322 g/mol. The number of carboxylic acid groups (broad SMARTS) is 1. The highest BCUT2D eigenvalue weighted by Crippen LogP contribution is 2.19. The van der Waals surface area contributed by atoms with E-state index in [1.165, 1.54) is 0 Å². The number of ether oxygens (including phenoxy) is 1. The van der Waals surface area contributed by atoms with Gasteiger partial charge in [-0.3, -0.25) is 9.59 Å². The number of carboxylic acids is 1. The fourth-order valence-electron chi connectivity index (χ4n) is 2.80. The maximum atomic E-state index is 13.1. The van der Waals surface area contributed by atoms with E-state index in [1.807, 2.05) is 19.0 Å². The molecule has 0 bridgehead atoms. The highest BCUT2D eigenvalue weighted by atomic mass is 16.5. The summed E-state index contributed by atoms with van der Waals surface area (Å²) in [6, 6.07) is 7.03. The van der Waals surface area contributed by atoms with E-state index in [0.29, 0.717) is 24.3 Å². The predicted octanol–water partition coefficient (Wildman–Crippen LogP) is 1.37. The molecule has 1 saturated heterocycles. The van der Waals surface area contributed by atoms with Gasteiger partial charge < -0.3 is 25.0 Å². The minimum Gasteiger partial charge on any atom is -0.480 e. The number of aliphatic carboxylic acids is 1. The van der Waals surface area contributed by atoms with E-state index in [2.05, 4.69) is 5.32 Å². The molecule has 1 amide bonds. The molecule has 1 aromatic carbocycles. The van der Waals surface area contributed by atoms with Crippen LogP contribution < -0.4 is 5.32 Å². The van der Waals surface area contributed by atoms with E-state index in [-0.39, 0.29) is 18.6 Å². The molecule has 0 unspecified atom stereocenters. The van der Waals surface area contributed by atoms with Gasteiger partial charge in [-0.1, -0.05) is 12.1 Å². The third kappa shape index (κ3) is 6.03. The zero-order valence-corrected chi connectivity index (χ0v) is 14.9. The van der Waals surface area contributed by atoms with Gasteiger partial charge in [0.15, 0.2) is 0 Å². The van der Waals surface area contributed by atoms with Crippen LogP contribution in [0.5, 0.6) is 0 Å². The van der Waals surface area contributed by atoms with Gasteiger partial charge in [0.05, 0.1) is 11.7 Å². The topological polar surface area (TPSA) is 82.1 Å². The molecule has 1 atom stereocenters. The van der Waals surface area contributed by atoms with Crippen molar-refractivity contribution in [3.63, 3.8) is 0 Å². The number of anilines is 1. The smallest absolute Gasteiger partial charge is 0.322 e. The Bertz CT molecular complexity index is 585. The summed E-state index contributed by atoms with van der Waals surface area (Å²) < 4.78 is 5.68. The second-order valence-electron chi connectivity index (χ2n) is 6.48. The number of amides is 1. The summed E-state index contributed by atoms with van der Waals surface area (Å²) >= 11 is 0. The van der Waals surface area contributed by atoms with Gasteiger partial charge in [-0.25, -0.2) is 0 Å². The van der Waals surface area contributed by atoms with Crippen LogP contribution in [0.25, 0.3) is 0 Å². The van der Waals surface area contributed by atoms with Crippen molar-refractivity contribution in [1.29, 1.82) is 0 Å². The van der Waals surface area contributed by atoms with Crippen molar-refractivity contribution in [3.05, 3.63) is 29.8 Å². The molecule has 2 rings (SSSR count). The molecule has 0 spiro atoms. The molecule has 138 valence electrons. The van der Waals surface area contributed by atoms with Crippen molar-refractivity contribution < 1.29 is 19.4 Å². The molecular formula is C18H27N3O4. The van der Waals surface area contributed by atoms with Crippen molar-refractivity contribution in [1.82, 2.24) is 9.80 Å². The third-order valence-electron chi connectivity index (χ3n) is 4.14. The van der Waals surface area contributed by atoms with E-state index in [0.717, 1.165) is 26.0 Å². The number of carbonyl (C=O) groups excluding carboxylic acids is 1. The molecule has 1 aliphatic rings. The van der Waals surface area contributed by atoms with Crippen molar-refractivity contribution in [2.24, 2.45) is 0 Å². The number of benzene rings is 1. The Morgan fingerprint density at radius 3 is 2.68 bits per heavy atom. The molecule has 1 heterocycles. The van der Waals surface area contributed by atoms with Gasteiger partial charge in [0.25, 0.3) is 5.91 Å². The maximum absolute atomic E-state index is 13.1. The molecule has 2 N–H and O–H groups in total. The van der Waals surface area contributed by atoms with E-state index in [9.17, 15) is 9.59 Å². The highest BCUT2D eigenvalue weighted by Gasteiger charge is 2.24. The average Bonchev–Trinajstić information content (AvgIpc) is 3.09. The van der Waals surface area contributed by atoms with Gasteiger partial charge in [0, 0.05) is 31.9 Å². The van der Waals surface area contributed by atoms with E-state index in [4.69, 9.17) is 9.84 Å². The van der Waals surface area contributed by atoms with Crippen LogP contribution in [-0.2, 0) is 9.53 Å². The fourth-order valence-corrected chi connectivity index (χ4v) is 2.80. The first-order chi connectivity index (χ1) is 12.0. The zero-order valence-electron chi connectivity index (χ0n) is 14.9. The molecule has 1 aliphatic heterocycles. The first-order valence-corrected chi connectivity index (χ1v) is 8.57. The molecule has 0 radical (unpaired) electrons. The van der Waals surface area contributed by atoms with E-state index in [1.54, 1.807) is 29.2 Å². The summed E-state index contributed by atoms with van der Waals surface area (Å²) in [5.74, 6) is -1.07. The molecule has 0 aliphatic carbocycles. The first-order valence-electron chi connectivity index (χ1n) is 8.57. The molecule has 1 aromatic rings. The van der Waals surface area contributed by atoms with Crippen molar-refractivity contribution in [2.75, 3.05) is 52.2 Å². The number of nitrogens with one attached hydrogen (secondary N) is 1. The molecule has 0 saturated carbocycles. The lowest BCUT2D eigenvalue weighted by Gasteiger charge is -2.27. The quantitative estimate of drug-likeness (QED) is 0.701. The summed E-state index contributed by atoms with van der Waals surface area (Å²) in [5.41, 5.74) is 1.03. The number of hydrogen-bond acceptors (Lipinski definition) is 5. The Labute approximate surface area is 148 Å². The lowest BCUT2D eigenvalue weighted by atomic mass is 10.1. The second kappa shape index (κ2) is 9.39. The minimum atomic E-state index is -0.967. The van der Waals surface area contributed by atoms with Crippen LogP contribution in [0.3, 0.4) is 0 Å². The fraction of sp³-hybridized carbons (Fsp3) is 0.556. The summed E-state index contributed by atoms with van der Waals surface area (Å²) in [7, 11) is 3.94. The molecule has 7 heteroatoms. The summed E-state index contributed by atoms with van der Waals surface area (Å²) in [6.07, 6.45) is 2.06. The number of hydrogen-bond donors (Lipinski definition) is 2. The largest absolute Gasteiger partial charge is 0.480 e. The third-order valence-corrected chi connectivity index (χ3v) is 4.14. The van der Waals surface area contributed by atoms with Gasteiger partial charge in [-0.15, -0.1) is 0 Å². The van der Waals surface area contributed by atoms with Gasteiger partial charge in [-0.2, -0.15) is 0 Å². The van der Waals surface area contributed by atoms with E-state index >= 15 is 0 Å². The summed E-state index contributed by atoms with van der Waals surface area (Å²) in [4.78, 5) is 27.7. The average molecular weight is 349 g/mol.